The van der Waals surface area contributed by atoms with Gasteiger partial charge in [0.05, 0.1) is 0 Å². The number of halogens is 1. The topological polar surface area (TPSA) is 91.0 Å². The average molecular weight is 270 g/mol. The van der Waals surface area contributed by atoms with Gasteiger partial charge in [0.2, 0.25) is 5.82 Å². The van der Waals surface area contributed by atoms with Gasteiger partial charge in [-0.2, -0.15) is 4.98 Å². The Hall–Kier alpha value is -2.89. The molecular formula is C14H11FN4O. The predicted molar refractivity (Wildman–Crippen MR) is 74.0 cm³/mol. The van der Waals surface area contributed by atoms with Crippen molar-refractivity contribution < 1.29 is 8.91 Å². The standard InChI is InChI=1S/C14H11FN4O/c15-10-3-1-8(2-4-10)13-18-14(20-19-13)9-5-11(16)7-12(17)6-9/h1-7H,16-17H2. The van der Waals surface area contributed by atoms with E-state index in [4.69, 9.17) is 16.0 Å². The SMILES string of the molecule is Nc1cc(N)cc(-c2nc(-c3ccc(F)cc3)no2)c1. The molecule has 0 radical (unpaired) electrons. The summed E-state index contributed by atoms with van der Waals surface area (Å²) in [6, 6.07) is 10.9. The molecule has 3 rings (SSSR count). The summed E-state index contributed by atoms with van der Waals surface area (Å²) in [5.74, 6) is 0.366. The lowest BCUT2D eigenvalue weighted by molar-refractivity contribution is 0.432. The zero-order chi connectivity index (χ0) is 14.1. The molecule has 0 amide bonds. The fourth-order valence-corrected chi connectivity index (χ4v) is 1.86. The largest absolute Gasteiger partial charge is 0.399 e. The molecule has 100 valence electrons. The maximum absolute atomic E-state index is 12.9. The van der Waals surface area contributed by atoms with E-state index in [1.807, 2.05) is 0 Å². The van der Waals surface area contributed by atoms with Crippen LogP contribution in [0.1, 0.15) is 0 Å². The molecule has 1 aromatic heterocycles. The lowest BCUT2D eigenvalue weighted by Gasteiger charge is -1.99. The third-order valence-electron chi connectivity index (χ3n) is 2.75. The number of rotatable bonds is 2. The van der Waals surface area contributed by atoms with Crippen molar-refractivity contribution in [1.82, 2.24) is 10.1 Å². The number of hydrogen-bond acceptors (Lipinski definition) is 5. The lowest BCUT2D eigenvalue weighted by atomic mass is 10.1. The van der Waals surface area contributed by atoms with Crippen LogP contribution in [0.25, 0.3) is 22.8 Å². The molecule has 1 heterocycles. The van der Waals surface area contributed by atoms with E-state index in [1.54, 1.807) is 30.3 Å². The van der Waals surface area contributed by atoms with Crippen molar-refractivity contribution in [3.05, 3.63) is 48.3 Å². The van der Waals surface area contributed by atoms with Gasteiger partial charge in [-0.25, -0.2) is 4.39 Å². The molecule has 0 fully saturated rings. The molecule has 0 saturated carbocycles. The van der Waals surface area contributed by atoms with E-state index in [2.05, 4.69) is 10.1 Å². The summed E-state index contributed by atoms with van der Waals surface area (Å²) in [6.07, 6.45) is 0. The molecule has 4 N–H and O–H groups in total. The van der Waals surface area contributed by atoms with Gasteiger partial charge in [0.1, 0.15) is 5.82 Å². The number of nitrogen functional groups attached to an aromatic ring is 2. The van der Waals surface area contributed by atoms with Crippen molar-refractivity contribution in [1.29, 1.82) is 0 Å². The van der Waals surface area contributed by atoms with E-state index in [0.29, 0.717) is 34.2 Å². The van der Waals surface area contributed by atoms with Gasteiger partial charge in [0.25, 0.3) is 5.89 Å². The molecule has 6 heteroatoms. The van der Waals surface area contributed by atoms with Crippen molar-refractivity contribution >= 4 is 11.4 Å². The second-order valence-electron chi connectivity index (χ2n) is 4.32. The Balaban J connectivity index is 1.99. The van der Waals surface area contributed by atoms with E-state index in [9.17, 15) is 4.39 Å². The van der Waals surface area contributed by atoms with Crippen LogP contribution in [0.5, 0.6) is 0 Å². The first-order valence-electron chi connectivity index (χ1n) is 5.88. The third kappa shape index (κ3) is 2.31. The molecule has 2 aromatic carbocycles. The highest BCUT2D eigenvalue weighted by Gasteiger charge is 2.11. The number of aromatic nitrogens is 2. The van der Waals surface area contributed by atoms with Crippen molar-refractivity contribution in [3.63, 3.8) is 0 Å². The van der Waals surface area contributed by atoms with Gasteiger partial charge in [-0.1, -0.05) is 5.16 Å². The van der Waals surface area contributed by atoms with Crippen LogP contribution in [-0.2, 0) is 0 Å². The highest BCUT2D eigenvalue weighted by Crippen LogP contribution is 2.25. The summed E-state index contributed by atoms with van der Waals surface area (Å²) in [5.41, 5.74) is 13.8. The van der Waals surface area contributed by atoms with Crippen LogP contribution in [0.15, 0.2) is 47.0 Å². The molecule has 0 bridgehead atoms. The van der Waals surface area contributed by atoms with E-state index in [-0.39, 0.29) is 5.82 Å². The number of nitrogens with zero attached hydrogens (tertiary/aromatic N) is 2. The molecule has 0 aliphatic rings. The quantitative estimate of drug-likeness (QED) is 0.698. The minimum atomic E-state index is -0.318. The van der Waals surface area contributed by atoms with Gasteiger partial charge in [-0.05, 0) is 42.5 Å². The van der Waals surface area contributed by atoms with Crippen LogP contribution in [0.3, 0.4) is 0 Å². The summed E-state index contributed by atoms with van der Waals surface area (Å²) >= 11 is 0. The smallest absolute Gasteiger partial charge is 0.258 e. The summed E-state index contributed by atoms with van der Waals surface area (Å²) in [6.45, 7) is 0. The van der Waals surface area contributed by atoms with Crippen LogP contribution in [0.4, 0.5) is 15.8 Å². The Morgan fingerprint density at radius 2 is 1.55 bits per heavy atom. The molecular weight excluding hydrogens is 259 g/mol. The van der Waals surface area contributed by atoms with Crippen LogP contribution >= 0.6 is 0 Å². The van der Waals surface area contributed by atoms with Gasteiger partial charge in [0.15, 0.2) is 0 Å². The first-order valence-corrected chi connectivity index (χ1v) is 5.88. The van der Waals surface area contributed by atoms with Crippen LogP contribution in [0, 0.1) is 5.82 Å². The number of benzene rings is 2. The average Bonchev–Trinajstić information content (AvgIpc) is 2.88. The first kappa shape index (κ1) is 12.2. The summed E-state index contributed by atoms with van der Waals surface area (Å²) in [5, 5.41) is 3.86. The van der Waals surface area contributed by atoms with Gasteiger partial charge >= 0.3 is 0 Å². The van der Waals surface area contributed by atoms with Gasteiger partial charge < -0.3 is 16.0 Å². The maximum Gasteiger partial charge on any atom is 0.258 e. The van der Waals surface area contributed by atoms with E-state index in [0.717, 1.165) is 0 Å². The number of hydrogen-bond donors (Lipinski definition) is 2. The van der Waals surface area contributed by atoms with Crippen LogP contribution in [0.2, 0.25) is 0 Å². The highest BCUT2D eigenvalue weighted by molar-refractivity contribution is 5.68. The summed E-state index contributed by atoms with van der Waals surface area (Å²) in [4.78, 5) is 4.25. The Morgan fingerprint density at radius 1 is 0.900 bits per heavy atom. The van der Waals surface area contributed by atoms with Crippen LogP contribution in [-0.4, -0.2) is 10.1 Å². The minimum absolute atomic E-state index is 0.309. The molecule has 0 saturated heterocycles. The first-order chi connectivity index (χ1) is 9.61. The Labute approximate surface area is 114 Å². The van der Waals surface area contributed by atoms with E-state index in [1.165, 1.54) is 12.1 Å². The van der Waals surface area contributed by atoms with Crippen LogP contribution < -0.4 is 11.5 Å². The second kappa shape index (κ2) is 4.65. The van der Waals surface area contributed by atoms with E-state index < -0.39 is 0 Å². The predicted octanol–water partition coefficient (Wildman–Crippen LogP) is 2.71. The van der Waals surface area contributed by atoms with Crippen molar-refractivity contribution in [2.24, 2.45) is 0 Å². The number of nitrogens with two attached hydrogens (primary N) is 2. The summed E-state index contributed by atoms with van der Waals surface area (Å²) < 4.78 is 18.0. The molecule has 20 heavy (non-hydrogen) atoms. The molecule has 5 nitrogen and oxygen atoms in total. The molecule has 3 aromatic rings. The molecule has 0 atom stereocenters. The summed E-state index contributed by atoms with van der Waals surface area (Å²) in [7, 11) is 0. The molecule has 0 spiro atoms. The van der Waals surface area contributed by atoms with Gasteiger partial charge in [-0.15, -0.1) is 0 Å². The van der Waals surface area contributed by atoms with Crippen molar-refractivity contribution in [3.8, 4) is 22.8 Å². The number of anilines is 2. The van der Waals surface area contributed by atoms with E-state index >= 15 is 0 Å². The molecule has 0 unspecified atom stereocenters. The Kier molecular flexibility index (Phi) is 2.83. The van der Waals surface area contributed by atoms with Crippen molar-refractivity contribution in [2.75, 3.05) is 11.5 Å². The normalized spacial score (nSPS) is 10.7. The lowest BCUT2D eigenvalue weighted by Crippen LogP contribution is -1.91. The van der Waals surface area contributed by atoms with Gasteiger partial charge in [0, 0.05) is 22.5 Å². The third-order valence-corrected chi connectivity index (χ3v) is 2.75. The zero-order valence-electron chi connectivity index (χ0n) is 10.4. The zero-order valence-corrected chi connectivity index (χ0v) is 10.4. The Morgan fingerprint density at radius 3 is 2.20 bits per heavy atom. The van der Waals surface area contributed by atoms with Crippen molar-refractivity contribution in [2.45, 2.75) is 0 Å². The highest BCUT2D eigenvalue weighted by atomic mass is 19.1. The van der Waals surface area contributed by atoms with Gasteiger partial charge in [-0.3, -0.25) is 0 Å². The molecule has 0 aliphatic carbocycles. The monoisotopic (exact) mass is 270 g/mol. The molecule has 0 aliphatic heterocycles. The minimum Gasteiger partial charge on any atom is -0.399 e. The fourth-order valence-electron chi connectivity index (χ4n) is 1.86. The second-order valence-corrected chi connectivity index (χ2v) is 4.32. The fraction of sp³-hybridized carbons (Fsp3) is 0. The maximum atomic E-state index is 12.9. The Bertz CT molecular complexity index is 732.